The van der Waals surface area contributed by atoms with E-state index in [1.165, 1.54) is 55.7 Å². The van der Waals surface area contributed by atoms with E-state index in [9.17, 15) is 18.0 Å². The summed E-state index contributed by atoms with van der Waals surface area (Å²) in [7, 11) is 1.48. The van der Waals surface area contributed by atoms with Crippen LogP contribution in [-0.2, 0) is 11.0 Å². The Labute approximate surface area is 169 Å². The van der Waals surface area contributed by atoms with Crippen molar-refractivity contribution in [1.29, 1.82) is 0 Å². The summed E-state index contributed by atoms with van der Waals surface area (Å²) in [6.07, 6.45) is -1.94. The molecule has 1 heterocycles. The SMILES string of the molecule is COc1ccc(NC(=O)/C=C/c2ccc(-c3ccccc3C(F)(F)F)o2)cc1Cl. The molecule has 0 aliphatic rings. The first-order chi connectivity index (χ1) is 13.8. The Kier molecular flexibility index (Phi) is 5.98. The van der Waals surface area contributed by atoms with Crippen molar-refractivity contribution in [2.24, 2.45) is 0 Å². The van der Waals surface area contributed by atoms with Gasteiger partial charge >= 0.3 is 6.18 Å². The Hall–Kier alpha value is -3.19. The number of hydrogen-bond acceptors (Lipinski definition) is 3. The molecule has 1 N–H and O–H groups in total. The minimum absolute atomic E-state index is 0.0555. The molecule has 0 saturated heterocycles. The fourth-order valence-electron chi connectivity index (χ4n) is 2.62. The van der Waals surface area contributed by atoms with E-state index < -0.39 is 17.6 Å². The number of amides is 1. The molecule has 0 saturated carbocycles. The zero-order valence-electron chi connectivity index (χ0n) is 15.1. The summed E-state index contributed by atoms with van der Waals surface area (Å²) in [6, 6.07) is 12.8. The Balaban J connectivity index is 1.73. The van der Waals surface area contributed by atoms with Crippen LogP contribution >= 0.6 is 11.6 Å². The quantitative estimate of drug-likeness (QED) is 0.493. The fourth-order valence-corrected chi connectivity index (χ4v) is 2.88. The number of alkyl halides is 3. The molecule has 1 aromatic heterocycles. The van der Waals surface area contributed by atoms with Gasteiger partial charge in [-0.3, -0.25) is 4.79 Å². The highest BCUT2D eigenvalue weighted by Gasteiger charge is 2.34. The molecule has 3 rings (SSSR count). The van der Waals surface area contributed by atoms with E-state index in [4.69, 9.17) is 20.8 Å². The summed E-state index contributed by atoms with van der Waals surface area (Å²) in [4.78, 5) is 12.1. The van der Waals surface area contributed by atoms with Crippen molar-refractivity contribution in [3.8, 4) is 17.1 Å². The highest BCUT2D eigenvalue weighted by Crippen LogP contribution is 2.37. The van der Waals surface area contributed by atoms with Crippen LogP contribution in [0.3, 0.4) is 0 Å². The molecule has 0 bridgehead atoms. The normalized spacial score (nSPS) is 11.6. The van der Waals surface area contributed by atoms with Crippen molar-refractivity contribution in [2.45, 2.75) is 6.18 Å². The molecular weight excluding hydrogens is 407 g/mol. The number of ether oxygens (including phenoxy) is 1. The lowest BCUT2D eigenvalue weighted by Gasteiger charge is -2.10. The maximum Gasteiger partial charge on any atom is 0.417 e. The van der Waals surface area contributed by atoms with E-state index in [-0.39, 0.29) is 17.1 Å². The predicted molar refractivity (Wildman–Crippen MR) is 105 cm³/mol. The largest absolute Gasteiger partial charge is 0.495 e. The maximum absolute atomic E-state index is 13.2. The summed E-state index contributed by atoms with van der Waals surface area (Å²) < 4.78 is 49.9. The molecule has 0 aliphatic carbocycles. The van der Waals surface area contributed by atoms with Crippen LogP contribution in [0.4, 0.5) is 18.9 Å². The van der Waals surface area contributed by atoms with Gasteiger partial charge < -0.3 is 14.5 Å². The van der Waals surface area contributed by atoms with Gasteiger partial charge in [0.25, 0.3) is 0 Å². The van der Waals surface area contributed by atoms with Crippen molar-refractivity contribution in [1.82, 2.24) is 0 Å². The number of carbonyl (C=O) groups excluding carboxylic acids is 1. The first-order valence-corrected chi connectivity index (χ1v) is 8.75. The van der Waals surface area contributed by atoms with E-state index in [2.05, 4.69) is 5.32 Å². The average molecular weight is 422 g/mol. The summed E-state index contributed by atoms with van der Waals surface area (Å²) in [5, 5.41) is 2.96. The van der Waals surface area contributed by atoms with Gasteiger partial charge in [0.1, 0.15) is 17.3 Å². The topological polar surface area (TPSA) is 51.5 Å². The van der Waals surface area contributed by atoms with Gasteiger partial charge in [-0.15, -0.1) is 0 Å². The lowest BCUT2D eigenvalue weighted by Crippen LogP contribution is -2.07. The Morgan fingerprint density at radius 1 is 1.14 bits per heavy atom. The summed E-state index contributed by atoms with van der Waals surface area (Å²) in [5.41, 5.74) is -0.402. The molecule has 1 amide bonds. The number of rotatable bonds is 5. The van der Waals surface area contributed by atoms with Gasteiger partial charge in [0, 0.05) is 17.3 Å². The number of nitrogens with one attached hydrogen (secondary N) is 1. The third kappa shape index (κ3) is 5.00. The zero-order chi connectivity index (χ0) is 21.0. The zero-order valence-corrected chi connectivity index (χ0v) is 15.8. The van der Waals surface area contributed by atoms with Crippen molar-refractivity contribution < 1.29 is 27.1 Å². The smallest absolute Gasteiger partial charge is 0.417 e. The Morgan fingerprint density at radius 2 is 1.90 bits per heavy atom. The monoisotopic (exact) mass is 421 g/mol. The first kappa shape index (κ1) is 20.5. The third-order valence-corrected chi connectivity index (χ3v) is 4.24. The molecule has 29 heavy (non-hydrogen) atoms. The molecule has 4 nitrogen and oxygen atoms in total. The van der Waals surface area contributed by atoms with Gasteiger partial charge in [-0.2, -0.15) is 13.2 Å². The second-order valence-electron chi connectivity index (χ2n) is 5.92. The number of anilines is 1. The van der Waals surface area contributed by atoms with Crippen molar-refractivity contribution in [3.05, 3.63) is 77.0 Å². The van der Waals surface area contributed by atoms with E-state index in [0.29, 0.717) is 16.5 Å². The second kappa shape index (κ2) is 8.45. The highest BCUT2D eigenvalue weighted by atomic mass is 35.5. The molecule has 0 unspecified atom stereocenters. The predicted octanol–water partition coefficient (Wildman–Crippen LogP) is 6.28. The number of carbonyl (C=O) groups is 1. The van der Waals surface area contributed by atoms with Crippen molar-refractivity contribution >= 4 is 29.3 Å². The molecule has 0 radical (unpaired) electrons. The van der Waals surface area contributed by atoms with Gasteiger partial charge in [0.2, 0.25) is 5.91 Å². The van der Waals surface area contributed by atoms with Gasteiger partial charge in [-0.1, -0.05) is 29.8 Å². The molecule has 0 spiro atoms. The fraction of sp³-hybridized carbons (Fsp3) is 0.0952. The molecule has 0 atom stereocenters. The summed E-state index contributed by atoms with van der Waals surface area (Å²) in [5.74, 6) is 0.308. The highest BCUT2D eigenvalue weighted by molar-refractivity contribution is 6.32. The summed E-state index contributed by atoms with van der Waals surface area (Å²) >= 11 is 6.00. The van der Waals surface area contributed by atoms with Crippen LogP contribution in [0.5, 0.6) is 5.75 Å². The molecule has 3 aromatic rings. The summed E-state index contributed by atoms with van der Waals surface area (Å²) in [6.45, 7) is 0. The van der Waals surface area contributed by atoms with E-state index in [1.807, 2.05) is 0 Å². The third-order valence-electron chi connectivity index (χ3n) is 3.94. The van der Waals surface area contributed by atoms with Crippen LogP contribution in [0.15, 0.2) is 65.1 Å². The van der Waals surface area contributed by atoms with Gasteiger partial charge in [0.05, 0.1) is 17.7 Å². The molecule has 2 aromatic carbocycles. The van der Waals surface area contributed by atoms with Gasteiger partial charge in [-0.05, 0) is 42.5 Å². The standard InChI is InChI=1S/C21H15ClF3NO3/c1-28-19-9-6-13(12-17(19)22)26-20(27)11-8-14-7-10-18(29-14)15-4-2-3-5-16(15)21(23,24)25/h2-12H,1H3,(H,26,27)/b11-8+. The molecule has 0 aliphatic heterocycles. The Bertz CT molecular complexity index is 1060. The van der Waals surface area contributed by atoms with Gasteiger partial charge in [-0.25, -0.2) is 0 Å². The molecule has 8 heteroatoms. The van der Waals surface area contributed by atoms with Crippen LogP contribution in [-0.4, -0.2) is 13.0 Å². The second-order valence-corrected chi connectivity index (χ2v) is 6.32. The molecular formula is C21H15ClF3NO3. The number of furan rings is 1. The number of halogens is 4. The number of hydrogen-bond donors (Lipinski definition) is 1. The van der Waals surface area contributed by atoms with E-state index >= 15 is 0 Å². The van der Waals surface area contributed by atoms with Crippen LogP contribution < -0.4 is 10.1 Å². The van der Waals surface area contributed by atoms with Crippen LogP contribution in [0.25, 0.3) is 17.4 Å². The maximum atomic E-state index is 13.2. The van der Waals surface area contributed by atoms with Crippen molar-refractivity contribution in [2.75, 3.05) is 12.4 Å². The van der Waals surface area contributed by atoms with E-state index in [0.717, 1.165) is 6.07 Å². The molecule has 150 valence electrons. The Morgan fingerprint density at radius 3 is 2.59 bits per heavy atom. The van der Waals surface area contributed by atoms with Crippen LogP contribution in [0.1, 0.15) is 11.3 Å². The number of methoxy groups -OCH3 is 1. The van der Waals surface area contributed by atoms with E-state index in [1.54, 1.807) is 12.1 Å². The minimum Gasteiger partial charge on any atom is -0.495 e. The van der Waals surface area contributed by atoms with Gasteiger partial charge in [0.15, 0.2) is 0 Å². The molecule has 0 fully saturated rings. The van der Waals surface area contributed by atoms with Crippen LogP contribution in [0, 0.1) is 0 Å². The van der Waals surface area contributed by atoms with Crippen molar-refractivity contribution in [3.63, 3.8) is 0 Å². The lowest BCUT2D eigenvalue weighted by atomic mass is 10.1. The average Bonchev–Trinajstić information content (AvgIpc) is 3.15. The van der Waals surface area contributed by atoms with Crippen LogP contribution in [0.2, 0.25) is 5.02 Å². The number of benzene rings is 2. The lowest BCUT2D eigenvalue weighted by molar-refractivity contribution is -0.137. The minimum atomic E-state index is -4.50. The first-order valence-electron chi connectivity index (χ1n) is 8.37.